The number of fused-ring (bicyclic) bond motifs is 3. The summed E-state index contributed by atoms with van der Waals surface area (Å²) in [5.74, 6) is 2.00. The van der Waals surface area contributed by atoms with Crippen molar-refractivity contribution in [1.82, 2.24) is 0 Å². The molecule has 194 valence electrons. The number of hydrogen-bond donors (Lipinski definition) is 0. The highest BCUT2D eigenvalue weighted by Crippen LogP contribution is 2.72. The maximum Gasteiger partial charge on any atom is 0.330 e. The van der Waals surface area contributed by atoms with Gasteiger partial charge in [0, 0.05) is 31.6 Å². The van der Waals surface area contributed by atoms with Gasteiger partial charge in [-0.1, -0.05) is 26.3 Å². The topological polar surface area (TPSA) is 63.2 Å². The van der Waals surface area contributed by atoms with Gasteiger partial charge in [-0.15, -0.1) is 0 Å². The smallest absolute Gasteiger partial charge is 0.330 e. The summed E-state index contributed by atoms with van der Waals surface area (Å²) >= 11 is 0. The van der Waals surface area contributed by atoms with Crippen LogP contribution >= 0.6 is 0 Å². The van der Waals surface area contributed by atoms with E-state index in [0.29, 0.717) is 50.5 Å². The summed E-state index contributed by atoms with van der Waals surface area (Å²) in [5, 5.41) is 0. The highest BCUT2D eigenvalue weighted by molar-refractivity contribution is 5.82. The molecule has 6 heteroatoms. The van der Waals surface area contributed by atoms with Gasteiger partial charge < -0.3 is 23.7 Å². The predicted molar refractivity (Wildman–Crippen MR) is 130 cm³/mol. The number of methoxy groups -OCH3 is 2. The lowest BCUT2D eigenvalue weighted by molar-refractivity contribution is -0.274. The molecular formula is C28H46O6. The van der Waals surface area contributed by atoms with E-state index in [9.17, 15) is 4.79 Å². The van der Waals surface area contributed by atoms with Crippen molar-refractivity contribution in [3.8, 4) is 0 Å². The van der Waals surface area contributed by atoms with Crippen molar-refractivity contribution in [2.24, 2.45) is 39.9 Å². The maximum absolute atomic E-state index is 12.1. The maximum atomic E-state index is 12.1. The van der Waals surface area contributed by atoms with Gasteiger partial charge in [0.15, 0.2) is 0 Å². The molecule has 6 nitrogen and oxygen atoms in total. The van der Waals surface area contributed by atoms with Crippen molar-refractivity contribution in [2.45, 2.75) is 78.2 Å². The molecule has 0 unspecified atom stereocenters. The average molecular weight is 479 g/mol. The van der Waals surface area contributed by atoms with E-state index >= 15 is 0 Å². The second-order valence-electron chi connectivity index (χ2n) is 11.8. The van der Waals surface area contributed by atoms with Crippen LogP contribution in [0, 0.1) is 39.9 Å². The summed E-state index contributed by atoms with van der Waals surface area (Å²) < 4.78 is 28.2. The van der Waals surface area contributed by atoms with Crippen LogP contribution in [0.15, 0.2) is 12.2 Å². The molecule has 0 N–H and O–H groups in total. The molecular weight excluding hydrogens is 432 g/mol. The first-order chi connectivity index (χ1) is 16.3. The van der Waals surface area contributed by atoms with Gasteiger partial charge in [-0.3, -0.25) is 0 Å². The van der Waals surface area contributed by atoms with Crippen molar-refractivity contribution < 1.29 is 28.5 Å². The standard InChI is InChI=1S/C28H46O6/c1-6-33-24(29)10-13-26(2)11-7-12-27(3)22(26)9-15-28-14-8-20(16-23(27)28)21(17-32-18-30-4)25(28)34-19-31-5/h10,13,20-23,25H,6-9,11-12,14-19H2,1-5H3/b13-10+/t20-,21+,22-,23+,25-,26+,27-,28+/m1/s1. The average Bonchev–Trinajstić information content (AvgIpc) is 2.82. The third kappa shape index (κ3) is 4.49. The van der Waals surface area contributed by atoms with Crippen LogP contribution in [0.2, 0.25) is 0 Å². The van der Waals surface area contributed by atoms with Crippen LogP contribution in [0.3, 0.4) is 0 Å². The van der Waals surface area contributed by atoms with E-state index in [1.165, 1.54) is 44.9 Å². The van der Waals surface area contributed by atoms with Crippen molar-refractivity contribution in [2.75, 3.05) is 41.0 Å². The molecule has 5 rings (SSSR count). The van der Waals surface area contributed by atoms with Crippen molar-refractivity contribution in [3.05, 3.63) is 12.2 Å². The molecule has 0 aromatic rings. The van der Waals surface area contributed by atoms with Crippen molar-refractivity contribution in [1.29, 1.82) is 0 Å². The highest BCUT2D eigenvalue weighted by atomic mass is 16.7. The van der Waals surface area contributed by atoms with E-state index in [4.69, 9.17) is 23.7 Å². The summed E-state index contributed by atoms with van der Waals surface area (Å²) in [6, 6.07) is 0. The fourth-order valence-corrected chi connectivity index (χ4v) is 9.07. The van der Waals surface area contributed by atoms with Crippen molar-refractivity contribution >= 4 is 5.97 Å². The summed E-state index contributed by atoms with van der Waals surface area (Å²) in [5.41, 5.74) is 0.459. The van der Waals surface area contributed by atoms with E-state index in [-0.39, 0.29) is 28.3 Å². The molecule has 0 amide bonds. The number of carbonyl (C=O) groups is 1. The van der Waals surface area contributed by atoms with Gasteiger partial charge >= 0.3 is 5.97 Å². The summed E-state index contributed by atoms with van der Waals surface area (Å²) in [4.78, 5) is 12.1. The number of ether oxygens (including phenoxy) is 5. The molecule has 5 aliphatic rings. The largest absolute Gasteiger partial charge is 0.463 e. The predicted octanol–water partition coefficient (Wildman–Crippen LogP) is 5.35. The first-order valence-corrected chi connectivity index (χ1v) is 13.4. The number of hydrogen-bond acceptors (Lipinski definition) is 6. The minimum atomic E-state index is -0.216. The Morgan fingerprint density at radius 1 is 1.00 bits per heavy atom. The first-order valence-electron chi connectivity index (χ1n) is 13.4. The van der Waals surface area contributed by atoms with Crippen LogP contribution in [0.1, 0.15) is 72.1 Å². The first kappa shape index (κ1) is 26.1. The van der Waals surface area contributed by atoms with Gasteiger partial charge in [0.1, 0.15) is 13.6 Å². The number of allylic oxidation sites excluding steroid dienone is 1. The lowest BCUT2D eigenvalue weighted by Gasteiger charge is -2.70. The van der Waals surface area contributed by atoms with E-state index in [0.717, 1.165) is 6.42 Å². The Bertz CT molecular complexity index is 738. The molecule has 34 heavy (non-hydrogen) atoms. The summed E-state index contributed by atoms with van der Waals surface area (Å²) in [6.07, 6.45) is 13.8. The van der Waals surface area contributed by atoms with Gasteiger partial charge in [0.05, 0.1) is 19.3 Å². The Hall–Kier alpha value is -0.950. The summed E-state index contributed by atoms with van der Waals surface area (Å²) in [7, 11) is 3.40. The molecule has 8 atom stereocenters. The zero-order valence-electron chi connectivity index (χ0n) is 22.0. The molecule has 0 saturated heterocycles. The third-order valence-electron chi connectivity index (χ3n) is 10.3. The van der Waals surface area contributed by atoms with E-state index < -0.39 is 0 Å². The minimum absolute atomic E-state index is 0.0297. The van der Waals surface area contributed by atoms with Crippen LogP contribution < -0.4 is 0 Å². The Kier molecular flexibility index (Phi) is 8.13. The Labute approximate surface area is 206 Å². The highest BCUT2D eigenvalue weighted by Gasteiger charge is 2.67. The zero-order chi connectivity index (χ0) is 24.4. The molecule has 5 aliphatic carbocycles. The van der Waals surface area contributed by atoms with Gasteiger partial charge in [-0.25, -0.2) is 4.79 Å². The molecule has 5 fully saturated rings. The van der Waals surface area contributed by atoms with Crippen LogP contribution in [-0.4, -0.2) is 53.1 Å². The SMILES string of the molecule is CCOC(=O)/C=C/[C@]1(C)CCC[C@@]2(C)[C@@H]3C[C@H]4CC[C@@]3(CC[C@@H]21)[C@H](OCOC)[C@H]4COCOC. The van der Waals surface area contributed by atoms with Gasteiger partial charge in [-0.2, -0.15) is 0 Å². The Balaban J connectivity index is 1.62. The minimum Gasteiger partial charge on any atom is -0.463 e. The molecule has 0 aromatic carbocycles. The number of esters is 1. The van der Waals surface area contributed by atoms with E-state index in [2.05, 4.69) is 19.9 Å². The molecule has 0 radical (unpaired) electrons. The summed E-state index contributed by atoms with van der Waals surface area (Å²) in [6.45, 7) is 8.59. The van der Waals surface area contributed by atoms with Gasteiger partial charge in [0.2, 0.25) is 0 Å². The lowest BCUT2D eigenvalue weighted by atomic mass is 9.35. The normalized spacial score (nSPS) is 43.5. The quantitative estimate of drug-likeness (QED) is 0.182. The van der Waals surface area contributed by atoms with Crippen LogP contribution in [0.5, 0.6) is 0 Å². The molecule has 5 saturated carbocycles. The van der Waals surface area contributed by atoms with Crippen LogP contribution in [-0.2, 0) is 28.5 Å². The van der Waals surface area contributed by atoms with Gasteiger partial charge in [-0.05, 0) is 80.5 Å². The molecule has 1 spiro atoms. The van der Waals surface area contributed by atoms with E-state index in [1.807, 2.05) is 6.92 Å². The molecule has 2 bridgehead atoms. The monoisotopic (exact) mass is 478 g/mol. The molecule has 0 heterocycles. The van der Waals surface area contributed by atoms with Crippen molar-refractivity contribution in [3.63, 3.8) is 0 Å². The Morgan fingerprint density at radius 3 is 2.50 bits per heavy atom. The number of carbonyl (C=O) groups excluding carboxylic acids is 1. The van der Waals surface area contributed by atoms with Crippen LogP contribution in [0.25, 0.3) is 0 Å². The fraction of sp³-hybridized carbons (Fsp3) is 0.893. The second-order valence-corrected chi connectivity index (χ2v) is 11.8. The van der Waals surface area contributed by atoms with Gasteiger partial charge in [0.25, 0.3) is 0 Å². The van der Waals surface area contributed by atoms with Crippen LogP contribution in [0.4, 0.5) is 0 Å². The second kappa shape index (κ2) is 10.6. The van der Waals surface area contributed by atoms with E-state index in [1.54, 1.807) is 20.3 Å². The zero-order valence-corrected chi connectivity index (χ0v) is 22.0. The Morgan fingerprint density at radius 2 is 1.76 bits per heavy atom. The fourth-order valence-electron chi connectivity index (χ4n) is 9.07. The number of rotatable bonds is 10. The molecule has 0 aromatic heterocycles. The molecule has 0 aliphatic heterocycles. The lowest BCUT2D eigenvalue weighted by Crippen LogP contribution is -2.67. The third-order valence-corrected chi connectivity index (χ3v) is 10.3.